The van der Waals surface area contributed by atoms with Gasteiger partial charge in [0, 0.05) is 23.6 Å². The van der Waals surface area contributed by atoms with E-state index in [4.69, 9.17) is 5.73 Å². The summed E-state index contributed by atoms with van der Waals surface area (Å²) in [7, 11) is 0. The lowest BCUT2D eigenvalue weighted by Crippen LogP contribution is -2.45. The van der Waals surface area contributed by atoms with Gasteiger partial charge in [-0.3, -0.25) is 4.90 Å². The number of halogens is 1. The third kappa shape index (κ3) is 2.95. The zero-order valence-electron chi connectivity index (χ0n) is 12.1. The molecule has 1 aliphatic heterocycles. The molecule has 3 rings (SSSR count). The molecule has 1 aliphatic carbocycles. The van der Waals surface area contributed by atoms with E-state index in [1.165, 1.54) is 55.2 Å². The molecule has 0 aromatic heterocycles. The molecule has 1 aromatic rings. The first-order chi connectivity index (χ1) is 9.79. The number of likely N-dealkylation sites (tertiary alicyclic amines) is 1. The zero-order valence-corrected chi connectivity index (χ0v) is 13.7. The molecule has 3 atom stereocenters. The molecular formula is C17H25BrN2. The highest BCUT2D eigenvalue weighted by atomic mass is 79.9. The van der Waals surface area contributed by atoms with Crippen molar-refractivity contribution in [1.82, 2.24) is 4.90 Å². The number of nitrogens with two attached hydrogens (primary N) is 1. The first kappa shape index (κ1) is 14.6. The van der Waals surface area contributed by atoms with Crippen molar-refractivity contribution in [2.24, 2.45) is 17.6 Å². The Balaban J connectivity index is 1.75. The lowest BCUT2D eigenvalue weighted by atomic mass is 9.74. The highest BCUT2D eigenvalue weighted by molar-refractivity contribution is 9.10. The van der Waals surface area contributed by atoms with Gasteiger partial charge in [-0.1, -0.05) is 53.4 Å². The van der Waals surface area contributed by atoms with E-state index in [2.05, 4.69) is 45.1 Å². The molecule has 1 aromatic carbocycles. The van der Waals surface area contributed by atoms with Crippen molar-refractivity contribution < 1.29 is 0 Å². The summed E-state index contributed by atoms with van der Waals surface area (Å²) >= 11 is 3.69. The molecule has 110 valence electrons. The minimum atomic E-state index is 0.369. The monoisotopic (exact) mass is 336 g/mol. The average Bonchev–Trinajstić information content (AvgIpc) is 2.50. The van der Waals surface area contributed by atoms with Crippen LogP contribution >= 0.6 is 15.9 Å². The van der Waals surface area contributed by atoms with Gasteiger partial charge in [0.05, 0.1) is 0 Å². The van der Waals surface area contributed by atoms with E-state index in [-0.39, 0.29) is 0 Å². The van der Waals surface area contributed by atoms with Gasteiger partial charge in [0.15, 0.2) is 0 Å². The Morgan fingerprint density at radius 2 is 1.90 bits per heavy atom. The van der Waals surface area contributed by atoms with Gasteiger partial charge in [-0.2, -0.15) is 0 Å². The lowest BCUT2D eigenvalue weighted by Gasteiger charge is -2.44. The Morgan fingerprint density at radius 1 is 1.15 bits per heavy atom. The molecule has 1 saturated carbocycles. The molecule has 1 heterocycles. The van der Waals surface area contributed by atoms with Gasteiger partial charge < -0.3 is 5.73 Å². The number of hydrogen-bond acceptors (Lipinski definition) is 2. The molecule has 20 heavy (non-hydrogen) atoms. The molecule has 2 fully saturated rings. The van der Waals surface area contributed by atoms with Crippen LogP contribution in [0.5, 0.6) is 0 Å². The summed E-state index contributed by atoms with van der Waals surface area (Å²) in [6.07, 6.45) is 7.13. The molecule has 3 unspecified atom stereocenters. The molecule has 2 N–H and O–H groups in total. The third-order valence-corrected chi connectivity index (χ3v) is 5.97. The van der Waals surface area contributed by atoms with Gasteiger partial charge in [0.25, 0.3) is 0 Å². The summed E-state index contributed by atoms with van der Waals surface area (Å²) in [4.78, 5) is 2.63. The third-order valence-electron chi connectivity index (χ3n) is 5.25. The molecule has 3 heteroatoms. The minimum Gasteiger partial charge on any atom is -0.329 e. The molecule has 2 nitrogen and oxygen atoms in total. The maximum Gasteiger partial charge on any atom is 0.0481 e. The molecule has 2 aliphatic rings. The molecule has 0 radical (unpaired) electrons. The van der Waals surface area contributed by atoms with Crippen LogP contribution in [-0.4, -0.2) is 24.5 Å². The van der Waals surface area contributed by atoms with Gasteiger partial charge in [-0.15, -0.1) is 0 Å². The maximum atomic E-state index is 6.11. The van der Waals surface area contributed by atoms with Crippen molar-refractivity contribution in [2.45, 2.75) is 38.1 Å². The van der Waals surface area contributed by atoms with Crippen LogP contribution in [0.4, 0.5) is 0 Å². The van der Waals surface area contributed by atoms with Gasteiger partial charge in [0.1, 0.15) is 0 Å². The van der Waals surface area contributed by atoms with Gasteiger partial charge >= 0.3 is 0 Å². The second kappa shape index (κ2) is 6.59. The maximum absolute atomic E-state index is 6.11. The summed E-state index contributed by atoms with van der Waals surface area (Å²) in [5.74, 6) is 1.90. The summed E-state index contributed by atoms with van der Waals surface area (Å²) in [6, 6.07) is 8.92. The number of hydrogen-bond donors (Lipinski definition) is 1. The fourth-order valence-electron chi connectivity index (χ4n) is 4.13. The second-order valence-corrected chi connectivity index (χ2v) is 7.22. The standard InChI is InChI=1S/C17H25BrN2/c18-16-8-4-3-7-15(16)17(11-19)20-10-9-13-5-1-2-6-14(13)12-20/h3-4,7-8,13-14,17H,1-2,5-6,9-12,19H2. The van der Waals surface area contributed by atoms with Crippen LogP contribution in [0.3, 0.4) is 0 Å². The van der Waals surface area contributed by atoms with Crippen LogP contribution in [0.15, 0.2) is 28.7 Å². The normalized spacial score (nSPS) is 28.9. The van der Waals surface area contributed by atoms with Crippen molar-refractivity contribution >= 4 is 15.9 Å². The highest BCUT2D eigenvalue weighted by Gasteiger charge is 2.34. The van der Waals surface area contributed by atoms with Crippen molar-refractivity contribution in [3.8, 4) is 0 Å². The van der Waals surface area contributed by atoms with E-state index in [9.17, 15) is 0 Å². The average molecular weight is 337 g/mol. The van der Waals surface area contributed by atoms with E-state index in [1.54, 1.807) is 0 Å². The number of piperidine rings is 1. The quantitative estimate of drug-likeness (QED) is 0.905. The number of benzene rings is 1. The van der Waals surface area contributed by atoms with Crippen LogP contribution < -0.4 is 5.73 Å². The molecular weight excluding hydrogens is 312 g/mol. The predicted molar refractivity (Wildman–Crippen MR) is 87.6 cm³/mol. The fraction of sp³-hybridized carbons (Fsp3) is 0.647. The first-order valence-electron chi connectivity index (χ1n) is 7.98. The Morgan fingerprint density at radius 3 is 2.65 bits per heavy atom. The summed E-state index contributed by atoms with van der Waals surface area (Å²) < 4.78 is 1.20. The Labute approximate surface area is 130 Å². The zero-order chi connectivity index (χ0) is 13.9. The van der Waals surface area contributed by atoms with Gasteiger partial charge in [-0.05, 0) is 42.9 Å². The van der Waals surface area contributed by atoms with Crippen LogP contribution in [-0.2, 0) is 0 Å². The van der Waals surface area contributed by atoms with Crippen molar-refractivity contribution in [3.05, 3.63) is 34.3 Å². The van der Waals surface area contributed by atoms with E-state index < -0.39 is 0 Å². The summed E-state index contributed by atoms with van der Waals surface area (Å²) in [5.41, 5.74) is 7.46. The van der Waals surface area contributed by atoms with Crippen LogP contribution in [0.25, 0.3) is 0 Å². The Kier molecular flexibility index (Phi) is 4.79. The van der Waals surface area contributed by atoms with Crippen molar-refractivity contribution in [2.75, 3.05) is 19.6 Å². The van der Waals surface area contributed by atoms with Crippen molar-refractivity contribution in [3.63, 3.8) is 0 Å². The lowest BCUT2D eigenvalue weighted by molar-refractivity contribution is 0.0584. The summed E-state index contributed by atoms with van der Waals surface area (Å²) in [6.45, 7) is 3.16. The SMILES string of the molecule is NCC(c1ccccc1Br)N1CCC2CCCCC2C1. The van der Waals surface area contributed by atoms with E-state index in [1.807, 2.05) is 0 Å². The molecule has 1 saturated heterocycles. The molecule has 0 bridgehead atoms. The second-order valence-electron chi connectivity index (χ2n) is 6.36. The first-order valence-corrected chi connectivity index (χ1v) is 8.77. The smallest absolute Gasteiger partial charge is 0.0481 e. The number of rotatable bonds is 3. The van der Waals surface area contributed by atoms with E-state index in [0.29, 0.717) is 12.6 Å². The number of nitrogens with zero attached hydrogens (tertiary/aromatic N) is 1. The van der Waals surface area contributed by atoms with Gasteiger partial charge in [-0.25, -0.2) is 0 Å². The van der Waals surface area contributed by atoms with Gasteiger partial charge in [0.2, 0.25) is 0 Å². The highest BCUT2D eigenvalue weighted by Crippen LogP contribution is 2.39. The fourth-order valence-corrected chi connectivity index (χ4v) is 4.68. The Hall–Kier alpha value is -0.380. The van der Waals surface area contributed by atoms with E-state index >= 15 is 0 Å². The predicted octanol–water partition coefficient (Wildman–Crippen LogP) is 3.96. The minimum absolute atomic E-state index is 0.369. The Bertz CT molecular complexity index is 448. The summed E-state index contributed by atoms with van der Waals surface area (Å²) in [5, 5.41) is 0. The topological polar surface area (TPSA) is 29.3 Å². The number of fused-ring (bicyclic) bond motifs is 1. The van der Waals surface area contributed by atoms with E-state index in [0.717, 1.165) is 11.8 Å². The molecule has 0 amide bonds. The van der Waals surface area contributed by atoms with Crippen molar-refractivity contribution in [1.29, 1.82) is 0 Å². The van der Waals surface area contributed by atoms with Crippen LogP contribution in [0.1, 0.15) is 43.7 Å². The van der Waals surface area contributed by atoms with Crippen LogP contribution in [0.2, 0.25) is 0 Å². The van der Waals surface area contributed by atoms with Crippen LogP contribution in [0, 0.1) is 11.8 Å². The largest absolute Gasteiger partial charge is 0.329 e. The molecule has 0 spiro atoms.